The molecule has 134 valence electrons. The summed E-state index contributed by atoms with van der Waals surface area (Å²) in [6.07, 6.45) is 0.738. The lowest BCUT2D eigenvalue weighted by molar-refractivity contribution is 0.0792. The maximum atomic E-state index is 13.0. The smallest absolute Gasteiger partial charge is 0.329 e. The first-order valence-corrected chi connectivity index (χ1v) is 8.56. The number of likely N-dealkylation sites (tertiary alicyclic amines) is 1. The van der Waals surface area contributed by atoms with Gasteiger partial charge < -0.3 is 10.6 Å². The minimum atomic E-state index is -0.584. The van der Waals surface area contributed by atoms with Crippen molar-refractivity contribution in [2.45, 2.75) is 45.7 Å². The summed E-state index contributed by atoms with van der Waals surface area (Å²) < 4.78 is 1.38. The van der Waals surface area contributed by atoms with Crippen LogP contribution in [0.2, 0.25) is 0 Å². The van der Waals surface area contributed by atoms with E-state index in [1.54, 1.807) is 17.9 Å². The third-order valence-corrected chi connectivity index (χ3v) is 4.62. The van der Waals surface area contributed by atoms with Gasteiger partial charge in [-0.15, -0.1) is 0 Å². The molecule has 2 aromatic rings. The molecule has 0 bridgehead atoms. The number of amides is 1. The monoisotopic (exact) mass is 345 g/mol. The van der Waals surface area contributed by atoms with Crippen molar-refractivity contribution in [2.24, 2.45) is 5.73 Å². The molecule has 1 fully saturated rings. The van der Waals surface area contributed by atoms with Crippen molar-refractivity contribution < 1.29 is 4.79 Å². The Morgan fingerprint density at radius 3 is 2.72 bits per heavy atom. The molecule has 2 aromatic heterocycles. The summed E-state index contributed by atoms with van der Waals surface area (Å²) in [5, 5.41) is 0.163. The van der Waals surface area contributed by atoms with Gasteiger partial charge in [-0.1, -0.05) is 13.8 Å². The summed E-state index contributed by atoms with van der Waals surface area (Å²) >= 11 is 0. The van der Waals surface area contributed by atoms with Crippen LogP contribution in [0.5, 0.6) is 0 Å². The van der Waals surface area contributed by atoms with Crippen molar-refractivity contribution in [3.63, 3.8) is 0 Å². The van der Waals surface area contributed by atoms with Gasteiger partial charge in [0, 0.05) is 31.4 Å². The molecule has 1 amide bonds. The van der Waals surface area contributed by atoms with Gasteiger partial charge in [0.25, 0.3) is 11.5 Å². The Morgan fingerprint density at radius 1 is 1.44 bits per heavy atom. The normalized spacial score (nSPS) is 17.6. The van der Waals surface area contributed by atoms with Crippen LogP contribution in [0.15, 0.2) is 15.7 Å². The standard InChI is InChI=1S/C17H23N5O3/c1-4-22-14-13(15(23)20-17(22)25)11(7-12(19-14)9(2)3)16(24)21-6-5-10(18)8-21/h7,9-10H,4-6,8,18H2,1-3H3,(H,20,23,25)/t10-/m0/s1. The Kier molecular flexibility index (Phi) is 4.47. The maximum absolute atomic E-state index is 13.0. The van der Waals surface area contributed by atoms with E-state index in [0.29, 0.717) is 25.3 Å². The van der Waals surface area contributed by atoms with E-state index in [-0.39, 0.29) is 34.5 Å². The number of rotatable bonds is 3. The minimum Gasteiger partial charge on any atom is -0.337 e. The van der Waals surface area contributed by atoms with E-state index in [1.165, 1.54) is 4.57 Å². The van der Waals surface area contributed by atoms with E-state index in [0.717, 1.165) is 6.42 Å². The number of hydrogen-bond donors (Lipinski definition) is 2. The summed E-state index contributed by atoms with van der Waals surface area (Å²) in [4.78, 5) is 46.0. The fourth-order valence-corrected chi connectivity index (χ4v) is 3.19. The molecule has 0 spiro atoms. The average Bonchev–Trinajstić information content (AvgIpc) is 2.99. The van der Waals surface area contributed by atoms with Crippen molar-refractivity contribution in [2.75, 3.05) is 13.1 Å². The third-order valence-electron chi connectivity index (χ3n) is 4.62. The van der Waals surface area contributed by atoms with E-state index >= 15 is 0 Å². The lowest BCUT2D eigenvalue weighted by atomic mass is 10.0. The molecular formula is C17H23N5O3. The zero-order chi connectivity index (χ0) is 18.3. The van der Waals surface area contributed by atoms with Gasteiger partial charge in [0.1, 0.15) is 0 Å². The molecule has 3 heterocycles. The number of nitrogens with one attached hydrogen (secondary N) is 1. The number of nitrogens with zero attached hydrogens (tertiary/aromatic N) is 3. The van der Waals surface area contributed by atoms with Crippen LogP contribution >= 0.6 is 0 Å². The van der Waals surface area contributed by atoms with Gasteiger partial charge in [0.2, 0.25) is 0 Å². The predicted molar refractivity (Wildman–Crippen MR) is 94.9 cm³/mol. The molecule has 1 saturated heterocycles. The highest BCUT2D eigenvalue weighted by molar-refractivity contribution is 6.05. The number of hydrogen-bond acceptors (Lipinski definition) is 5. The van der Waals surface area contributed by atoms with Gasteiger partial charge in [0.15, 0.2) is 5.65 Å². The lowest BCUT2D eigenvalue weighted by Gasteiger charge is -2.19. The first-order valence-electron chi connectivity index (χ1n) is 8.56. The number of H-pyrrole nitrogens is 1. The molecule has 0 saturated carbocycles. The topological polar surface area (TPSA) is 114 Å². The Morgan fingerprint density at radius 2 is 2.16 bits per heavy atom. The molecule has 1 atom stereocenters. The second kappa shape index (κ2) is 6.44. The van der Waals surface area contributed by atoms with Gasteiger partial charge in [-0.05, 0) is 25.3 Å². The molecule has 3 N–H and O–H groups in total. The van der Waals surface area contributed by atoms with Gasteiger partial charge in [-0.2, -0.15) is 0 Å². The zero-order valence-electron chi connectivity index (χ0n) is 14.7. The fraction of sp³-hybridized carbons (Fsp3) is 0.529. The van der Waals surface area contributed by atoms with Crippen molar-refractivity contribution in [1.29, 1.82) is 0 Å². The lowest BCUT2D eigenvalue weighted by Crippen LogP contribution is -2.35. The molecule has 1 aliphatic rings. The second-order valence-corrected chi connectivity index (χ2v) is 6.75. The van der Waals surface area contributed by atoms with E-state index in [1.807, 2.05) is 13.8 Å². The van der Waals surface area contributed by atoms with Crippen molar-refractivity contribution >= 4 is 16.9 Å². The Hall–Kier alpha value is -2.48. The number of carbonyl (C=O) groups excluding carboxylic acids is 1. The van der Waals surface area contributed by atoms with Gasteiger partial charge in [-0.25, -0.2) is 9.78 Å². The maximum Gasteiger partial charge on any atom is 0.329 e. The number of carbonyl (C=O) groups is 1. The highest BCUT2D eigenvalue weighted by atomic mass is 16.2. The SMILES string of the molecule is CCn1c(=O)[nH]c(=O)c2c(C(=O)N3CC[C@H](N)C3)cc(C(C)C)nc21. The van der Waals surface area contributed by atoms with Crippen LogP contribution in [0.4, 0.5) is 0 Å². The van der Waals surface area contributed by atoms with Crippen LogP contribution < -0.4 is 17.0 Å². The van der Waals surface area contributed by atoms with Crippen LogP contribution in [0.1, 0.15) is 49.2 Å². The number of aromatic amines is 1. The number of aryl methyl sites for hydroxylation is 1. The van der Waals surface area contributed by atoms with Crippen LogP contribution in [0, 0.1) is 0 Å². The highest BCUT2D eigenvalue weighted by Crippen LogP contribution is 2.22. The van der Waals surface area contributed by atoms with E-state index in [9.17, 15) is 14.4 Å². The first-order chi connectivity index (χ1) is 11.8. The summed E-state index contributed by atoms with van der Waals surface area (Å²) in [5.74, 6) is -0.189. The Labute approximate surface area is 144 Å². The molecule has 25 heavy (non-hydrogen) atoms. The van der Waals surface area contributed by atoms with Crippen LogP contribution in [0.25, 0.3) is 11.0 Å². The summed E-state index contributed by atoms with van der Waals surface area (Å²) in [5.41, 5.74) is 6.02. The fourth-order valence-electron chi connectivity index (χ4n) is 3.19. The third kappa shape index (κ3) is 2.97. The zero-order valence-corrected chi connectivity index (χ0v) is 14.7. The Balaban J connectivity index is 2.31. The molecular weight excluding hydrogens is 322 g/mol. The van der Waals surface area contributed by atoms with Crippen molar-refractivity contribution in [1.82, 2.24) is 19.4 Å². The molecule has 3 rings (SSSR count). The number of fused-ring (bicyclic) bond motifs is 1. The molecule has 0 aliphatic carbocycles. The van der Waals surface area contributed by atoms with Gasteiger partial charge >= 0.3 is 5.69 Å². The first kappa shape index (κ1) is 17.3. The average molecular weight is 345 g/mol. The van der Waals surface area contributed by atoms with Crippen LogP contribution in [0.3, 0.4) is 0 Å². The van der Waals surface area contributed by atoms with E-state index < -0.39 is 11.2 Å². The van der Waals surface area contributed by atoms with Crippen LogP contribution in [-0.2, 0) is 6.54 Å². The van der Waals surface area contributed by atoms with Gasteiger partial charge in [-0.3, -0.25) is 19.1 Å². The number of pyridine rings is 1. The van der Waals surface area contributed by atoms with Crippen LogP contribution in [-0.4, -0.2) is 44.5 Å². The molecule has 0 aromatic carbocycles. The van der Waals surface area contributed by atoms with Crippen molar-refractivity contribution in [3.05, 3.63) is 38.2 Å². The summed E-state index contributed by atoms with van der Waals surface area (Å²) in [6.45, 7) is 7.08. The van der Waals surface area contributed by atoms with Gasteiger partial charge in [0.05, 0.1) is 10.9 Å². The predicted octanol–water partition coefficient (Wildman–Crippen LogP) is 0.401. The molecule has 0 radical (unpaired) electrons. The largest absolute Gasteiger partial charge is 0.337 e. The second-order valence-electron chi connectivity index (χ2n) is 6.75. The molecule has 8 heteroatoms. The highest BCUT2D eigenvalue weighted by Gasteiger charge is 2.28. The van der Waals surface area contributed by atoms with E-state index in [2.05, 4.69) is 9.97 Å². The quantitative estimate of drug-likeness (QED) is 0.836. The molecule has 0 unspecified atom stereocenters. The number of nitrogens with two attached hydrogens (primary N) is 1. The number of aromatic nitrogens is 3. The summed E-state index contributed by atoms with van der Waals surface area (Å²) in [6, 6.07) is 1.62. The molecule has 8 nitrogen and oxygen atoms in total. The summed E-state index contributed by atoms with van der Waals surface area (Å²) in [7, 11) is 0. The molecule has 1 aliphatic heterocycles. The van der Waals surface area contributed by atoms with E-state index in [4.69, 9.17) is 5.73 Å². The minimum absolute atomic E-state index is 0.0475. The van der Waals surface area contributed by atoms with Crippen molar-refractivity contribution in [3.8, 4) is 0 Å². The Bertz CT molecular complexity index is 944.